The van der Waals surface area contributed by atoms with Crippen molar-refractivity contribution in [3.8, 4) is 0 Å². The van der Waals surface area contributed by atoms with Crippen LogP contribution in [0, 0.1) is 12.7 Å². The van der Waals surface area contributed by atoms with Gasteiger partial charge >= 0.3 is 5.97 Å². The molecule has 0 amide bonds. The Kier molecular flexibility index (Phi) is 4.20. The summed E-state index contributed by atoms with van der Waals surface area (Å²) in [6.07, 6.45) is 2.25. The van der Waals surface area contributed by atoms with Gasteiger partial charge in [-0.1, -0.05) is 0 Å². The monoisotopic (exact) mass is 375 g/mol. The largest absolute Gasteiger partial charge is 0.477 e. The van der Waals surface area contributed by atoms with Crippen molar-refractivity contribution in [2.75, 3.05) is 18.0 Å². The molecule has 4 rings (SSSR count). The van der Waals surface area contributed by atoms with Crippen molar-refractivity contribution in [3.63, 3.8) is 0 Å². The second-order valence-corrected chi connectivity index (χ2v) is 7.49. The van der Waals surface area contributed by atoms with E-state index >= 15 is 4.39 Å². The van der Waals surface area contributed by atoms with Gasteiger partial charge in [-0.15, -0.1) is 0 Å². The predicted molar refractivity (Wildman–Crippen MR) is 99.0 cm³/mol. The molecule has 0 radical (unpaired) electrons. The van der Waals surface area contributed by atoms with Crippen LogP contribution in [-0.2, 0) is 0 Å². The minimum absolute atomic E-state index is 0.0730. The second kappa shape index (κ2) is 6.31. The van der Waals surface area contributed by atoms with Crippen LogP contribution in [0.3, 0.4) is 0 Å². The lowest BCUT2D eigenvalue weighted by Gasteiger charge is -2.38. The number of halogens is 1. The van der Waals surface area contributed by atoms with Gasteiger partial charge in [-0.25, -0.2) is 9.18 Å². The fourth-order valence-corrected chi connectivity index (χ4v) is 3.82. The molecule has 0 spiro atoms. The Morgan fingerprint density at radius 2 is 2.07 bits per heavy atom. The topological polar surface area (TPSA) is 94.8 Å². The smallest absolute Gasteiger partial charge is 0.341 e. The molecule has 2 fully saturated rings. The number of rotatable bonds is 3. The molecule has 1 aromatic carbocycles. The first-order valence-electron chi connectivity index (χ1n) is 9.09. The number of aliphatic hydroxyl groups excluding tert-OH is 1. The van der Waals surface area contributed by atoms with E-state index in [9.17, 15) is 19.8 Å². The zero-order chi connectivity index (χ0) is 19.5. The number of piperazine rings is 1. The number of aromatic nitrogens is 1. The summed E-state index contributed by atoms with van der Waals surface area (Å²) in [6, 6.07) is 1.75. The number of aryl methyl sites for hydroxylation is 1. The molecule has 2 heterocycles. The fourth-order valence-electron chi connectivity index (χ4n) is 3.82. The van der Waals surface area contributed by atoms with Crippen molar-refractivity contribution in [1.29, 1.82) is 0 Å². The molecule has 1 aromatic heterocycles. The highest BCUT2D eigenvalue weighted by atomic mass is 19.1. The number of anilines is 1. The van der Waals surface area contributed by atoms with Crippen molar-refractivity contribution in [2.45, 2.75) is 45.0 Å². The highest BCUT2D eigenvalue weighted by Gasteiger charge is 2.31. The molecule has 2 aromatic rings. The first-order valence-corrected chi connectivity index (χ1v) is 9.09. The minimum atomic E-state index is -1.31. The maximum Gasteiger partial charge on any atom is 0.341 e. The van der Waals surface area contributed by atoms with E-state index in [-0.39, 0.29) is 34.3 Å². The summed E-state index contributed by atoms with van der Waals surface area (Å²) < 4.78 is 17.0. The predicted octanol–water partition coefficient (Wildman–Crippen LogP) is 1.60. The Labute approximate surface area is 155 Å². The van der Waals surface area contributed by atoms with Crippen molar-refractivity contribution in [3.05, 3.63) is 39.4 Å². The number of carboxylic acids is 1. The third-order valence-corrected chi connectivity index (χ3v) is 5.44. The highest BCUT2D eigenvalue weighted by Crippen LogP contribution is 2.39. The van der Waals surface area contributed by atoms with Crippen LogP contribution in [0.1, 0.15) is 41.7 Å². The molecule has 1 aliphatic carbocycles. The SMILES string of the molecule is Cc1c(F)c(N2CC(C)NCC2O)cc2c1c(=O)c(C(=O)O)cn2C1CC1. The highest BCUT2D eigenvalue weighted by molar-refractivity contribution is 5.95. The van der Waals surface area contributed by atoms with E-state index in [1.165, 1.54) is 13.1 Å². The lowest BCUT2D eigenvalue weighted by atomic mass is 10.0. The molecule has 144 valence electrons. The first kappa shape index (κ1) is 17.9. The van der Waals surface area contributed by atoms with E-state index in [4.69, 9.17) is 0 Å². The summed E-state index contributed by atoms with van der Waals surface area (Å²) in [5.74, 6) is -1.91. The third kappa shape index (κ3) is 2.89. The van der Waals surface area contributed by atoms with E-state index in [0.29, 0.717) is 18.6 Å². The first-order chi connectivity index (χ1) is 12.8. The zero-order valence-corrected chi connectivity index (χ0v) is 15.2. The molecule has 2 aliphatic rings. The second-order valence-electron chi connectivity index (χ2n) is 7.49. The number of benzene rings is 1. The number of nitrogens with one attached hydrogen (secondary N) is 1. The maximum atomic E-state index is 15.2. The van der Waals surface area contributed by atoms with E-state index in [1.54, 1.807) is 15.5 Å². The molecule has 27 heavy (non-hydrogen) atoms. The van der Waals surface area contributed by atoms with E-state index < -0.39 is 23.4 Å². The number of β-amino-alcohol motifs (C(OH)–C–C–N with tert-alkyl or cyclic N) is 1. The van der Waals surface area contributed by atoms with Gasteiger partial charge in [0, 0.05) is 36.9 Å². The van der Waals surface area contributed by atoms with Crippen molar-refractivity contribution in [2.24, 2.45) is 0 Å². The van der Waals surface area contributed by atoms with Crippen LogP contribution in [0.4, 0.5) is 10.1 Å². The van der Waals surface area contributed by atoms with Gasteiger partial charge in [-0.2, -0.15) is 0 Å². The number of pyridine rings is 1. The summed E-state index contributed by atoms with van der Waals surface area (Å²) >= 11 is 0. The van der Waals surface area contributed by atoms with Gasteiger partial charge in [-0.3, -0.25) is 4.79 Å². The lowest BCUT2D eigenvalue weighted by Crippen LogP contribution is -2.56. The molecule has 8 heteroatoms. The summed E-state index contributed by atoms with van der Waals surface area (Å²) in [7, 11) is 0. The molecular formula is C19H22FN3O4. The van der Waals surface area contributed by atoms with Gasteiger partial charge in [0.15, 0.2) is 0 Å². The van der Waals surface area contributed by atoms with Gasteiger partial charge in [0.05, 0.1) is 16.6 Å². The number of aromatic carboxylic acids is 1. The molecule has 2 unspecified atom stereocenters. The zero-order valence-electron chi connectivity index (χ0n) is 15.2. The third-order valence-electron chi connectivity index (χ3n) is 5.44. The van der Waals surface area contributed by atoms with Gasteiger partial charge < -0.3 is 25.0 Å². The fraction of sp³-hybridized carbons (Fsp3) is 0.474. The van der Waals surface area contributed by atoms with E-state index in [0.717, 1.165) is 12.8 Å². The van der Waals surface area contributed by atoms with Gasteiger partial charge in [0.2, 0.25) is 5.43 Å². The number of aliphatic hydroxyl groups is 1. The number of carbonyl (C=O) groups is 1. The van der Waals surface area contributed by atoms with E-state index in [2.05, 4.69) is 5.32 Å². The molecular weight excluding hydrogens is 353 g/mol. The van der Waals surface area contributed by atoms with Gasteiger partial charge in [0.1, 0.15) is 17.6 Å². The number of nitrogens with zero attached hydrogens (tertiary/aromatic N) is 2. The Balaban J connectivity index is 2.00. The molecule has 7 nitrogen and oxygen atoms in total. The van der Waals surface area contributed by atoms with Gasteiger partial charge in [-0.05, 0) is 32.8 Å². The Bertz CT molecular complexity index is 999. The average Bonchev–Trinajstić information content (AvgIpc) is 3.45. The van der Waals surface area contributed by atoms with Gasteiger partial charge in [0.25, 0.3) is 0 Å². The summed E-state index contributed by atoms with van der Waals surface area (Å²) in [4.78, 5) is 25.8. The number of hydrogen-bond donors (Lipinski definition) is 3. The molecule has 2 atom stereocenters. The standard InChI is InChI=1S/C19H22FN3O4/c1-9-7-23(15(24)6-21-9)14-5-13-16(10(2)17(14)20)18(25)12(19(26)27)8-22(13)11-3-4-11/h5,8-9,11,15,21,24H,3-4,6-7H2,1-2H3,(H,26,27). The molecule has 1 saturated heterocycles. The normalized spacial score (nSPS) is 23.0. The average molecular weight is 375 g/mol. The Hall–Kier alpha value is -2.45. The molecule has 1 aliphatic heterocycles. The van der Waals surface area contributed by atoms with Crippen LogP contribution >= 0.6 is 0 Å². The van der Waals surface area contributed by atoms with Crippen LogP contribution in [-0.4, -0.2) is 46.1 Å². The minimum Gasteiger partial charge on any atom is -0.477 e. The van der Waals surface area contributed by atoms with Crippen molar-refractivity contribution >= 4 is 22.6 Å². The van der Waals surface area contributed by atoms with Crippen LogP contribution in [0.25, 0.3) is 10.9 Å². The number of carboxylic acid groups (broad SMARTS) is 1. The summed E-state index contributed by atoms with van der Waals surface area (Å²) in [5.41, 5.74) is -0.159. The number of hydrogen-bond acceptors (Lipinski definition) is 5. The van der Waals surface area contributed by atoms with E-state index in [1.807, 2.05) is 6.92 Å². The maximum absolute atomic E-state index is 15.2. The van der Waals surface area contributed by atoms with Crippen LogP contribution in [0.2, 0.25) is 0 Å². The van der Waals surface area contributed by atoms with Crippen LogP contribution in [0.5, 0.6) is 0 Å². The Morgan fingerprint density at radius 3 is 2.70 bits per heavy atom. The van der Waals surface area contributed by atoms with Crippen molar-refractivity contribution in [1.82, 2.24) is 9.88 Å². The van der Waals surface area contributed by atoms with Crippen molar-refractivity contribution < 1.29 is 19.4 Å². The quantitative estimate of drug-likeness (QED) is 0.754. The molecule has 0 bridgehead atoms. The summed E-state index contributed by atoms with van der Waals surface area (Å²) in [6.45, 7) is 4.17. The van der Waals surface area contributed by atoms with Crippen LogP contribution in [0.15, 0.2) is 17.1 Å². The molecule has 1 saturated carbocycles. The summed E-state index contributed by atoms with van der Waals surface area (Å²) in [5, 5.41) is 23.0. The number of fused-ring (bicyclic) bond motifs is 1. The van der Waals surface area contributed by atoms with Crippen LogP contribution < -0.4 is 15.6 Å². The lowest BCUT2D eigenvalue weighted by molar-refractivity contribution is 0.0695. The Morgan fingerprint density at radius 1 is 1.37 bits per heavy atom. The molecule has 3 N–H and O–H groups in total.